The van der Waals surface area contributed by atoms with E-state index in [1.165, 1.54) is 10.9 Å². The van der Waals surface area contributed by atoms with E-state index in [2.05, 4.69) is 23.3 Å². The van der Waals surface area contributed by atoms with E-state index in [1.54, 1.807) is 7.11 Å². The Kier molecular flexibility index (Phi) is 3.38. The molecule has 3 rings (SSSR count). The van der Waals surface area contributed by atoms with Gasteiger partial charge in [-0.2, -0.15) is 0 Å². The van der Waals surface area contributed by atoms with E-state index in [9.17, 15) is 4.79 Å². The third-order valence-corrected chi connectivity index (χ3v) is 3.95. The van der Waals surface area contributed by atoms with Crippen molar-refractivity contribution in [2.45, 2.75) is 26.2 Å². The fraction of sp³-hybridized carbons (Fsp3) is 0.438. The number of aromatic amines is 1. The minimum atomic E-state index is 0.208. The zero-order chi connectivity index (χ0) is 14.1. The summed E-state index contributed by atoms with van der Waals surface area (Å²) in [5.74, 6) is 1.35. The number of hydrogen-bond acceptors (Lipinski definition) is 2. The molecule has 4 heteroatoms. The Bertz CT molecular complexity index is 641. The number of hydrogen-bond donors (Lipinski definition) is 2. The topological polar surface area (TPSA) is 54.1 Å². The molecule has 106 valence electrons. The van der Waals surface area contributed by atoms with Crippen LogP contribution in [0.4, 0.5) is 0 Å². The number of carbonyl (C=O) groups excluding carboxylic acids is 1. The van der Waals surface area contributed by atoms with Crippen LogP contribution in [0.1, 0.15) is 24.1 Å². The van der Waals surface area contributed by atoms with Crippen molar-refractivity contribution < 1.29 is 9.53 Å². The molecule has 1 fully saturated rings. The molecule has 0 radical (unpaired) electrons. The number of methoxy groups -OCH3 is 1. The van der Waals surface area contributed by atoms with Crippen molar-refractivity contribution in [3.63, 3.8) is 0 Å². The van der Waals surface area contributed by atoms with Crippen LogP contribution in [0.25, 0.3) is 10.9 Å². The second kappa shape index (κ2) is 5.19. The van der Waals surface area contributed by atoms with E-state index >= 15 is 0 Å². The summed E-state index contributed by atoms with van der Waals surface area (Å²) in [5.41, 5.74) is 3.54. The van der Waals surface area contributed by atoms with Gasteiger partial charge in [-0.3, -0.25) is 4.79 Å². The standard InChI is InChI=1S/C16H20N2O2/c1-10-13(7-8-17-16(19)11-3-4-11)14-9-12(20-2)5-6-15(14)18-10/h5-6,9,11,18H,3-4,7-8H2,1-2H3,(H,17,19). The summed E-state index contributed by atoms with van der Waals surface area (Å²) >= 11 is 0. The molecule has 0 spiro atoms. The van der Waals surface area contributed by atoms with Crippen molar-refractivity contribution in [3.8, 4) is 5.75 Å². The molecule has 0 aliphatic heterocycles. The van der Waals surface area contributed by atoms with Crippen LogP contribution >= 0.6 is 0 Å². The number of benzene rings is 1. The van der Waals surface area contributed by atoms with Crippen LogP contribution in [-0.4, -0.2) is 24.5 Å². The van der Waals surface area contributed by atoms with Gasteiger partial charge in [0, 0.05) is 29.1 Å². The van der Waals surface area contributed by atoms with Crippen molar-refractivity contribution >= 4 is 16.8 Å². The molecule has 0 unspecified atom stereocenters. The summed E-state index contributed by atoms with van der Waals surface area (Å²) in [6.07, 6.45) is 2.95. The van der Waals surface area contributed by atoms with E-state index in [1.807, 2.05) is 12.1 Å². The molecule has 0 saturated heterocycles. The van der Waals surface area contributed by atoms with Gasteiger partial charge < -0.3 is 15.0 Å². The molecule has 1 aliphatic carbocycles. The lowest BCUT2D eigenvalue weighted by Crippen LogP contribution is -2.27. The minimum absolute atomic E-state index is 0.208. The highest BCUT2D eigenvalue weighted by Crippen LogP contribution is 2.29. The fourth-order valence-corrected chi connectivity index (χ4v) is 2.61. The molecule has 2 N–H and O–H groups in total. The van der Waals surface area contributed by atoms with E-state index in [4.69, 9.17) is 4.74 Å². The molecule has 20 heavy (non-hydrogen) atoms. The van der Waals surface area contributed by atoms with Gasteiger partial charge in [-0.05, 0) is 49.9 Å². The molecule has 1 aliphatic rings. The van der Waals surface area contributed by atoms with Crippen LogP contribution in [0.3, 0.4) is 0 Å². The predicted octanol–water partition coefficient (Wildman–Crippen LogP) is 2.55. The zero-order valence-corrected chi connectivity index (χ0v) is 12.0. The monoisotopic (exact) mass is 272 g/mol. The Morgan fingerprint density at radius 1 is 1.45 bits per heavy atom. The quantitative estimate of drug-likeness (QED) is 0.879. The normalized spacial score (nSPS) is 14.5. The summed E-state index contributed by atoms with van der Waals surface area (Å²) in [4.78, 5) is 15.0. The molecule has 2 aromatic rings. The first kappa shape index (κ1) is 13.0. The SMILES string of the molecule is COc1ccc2[nH]c(C)c(CCNC(=O)C3CC3)c2c1. The van der Waals surface area contributed by atoms with Gasteiger partial charge in [0.25, 0.3) is 0 Å². The van der Waals surface area contributed by atoms with E-state index in [0.717, 1.165) is 36.2 Å². The molecular weight excluding hydrogens is 252 g/mol. The molecule has 0 bridgehead atoms. The maximum Gasteiger partial charge on any atom is 0.223 e. The number of ether oxygens (including phenoxy) is 1. The van der Waals surface area contributed by atoms with Crippen LogP contribution in [0, 0.1) is 12.8 Å². The highest BCUT2D eigenvalue weighted by molar-refractivity contribution is 5.86. The third kappa shape index (κ3) is 2.50. The zero-order valence-electron chi connectivity index (χ0n) is 12.0. The summed E-state index contributed by atoms with van der Waals surface area (Å²) in [6, 6.07) is 6.04. The molecule has 1 aromatic heterocycles. The summed E-state index contributed by atoms with van der Waals surface area (Å²) < 4.78 is 5.29. The lowest BCUT2D eigenvalue weighted by atomic mass is 10.1. The van der Waals surface area contributed by atoms with Crippen molar-refractivity contribution in [1.82, 2.24) is 10.3 Å². The Morgan fingerprint density at radius 3 is 2.95 bits per heavy atom. The number of H-pyrrole nitrogens is 1. The van der Waals surface area contributed by atoms with Gasteiger partial charge in [0.2, 0.25) is 5.91 Å². The van der Waals surface area contributed by atoms with Crippen LogP contribution in [0.15, 0.2) is 18.2 Å². The largest absolute Gasteiger partial charge is 0.497 e. The van der Waals surface area contributed by atoms with Gasteiger partial charge in [-0.15, -0.1) is 0 Å². The van der Waals surface area contributed by atoms with Gasteiger partial charge in [0.1, 0.15) is 5.75 Å². The number of rotatable bonds is 5. The molecular formula is C16H20N2O2. The Balaban J connectivity index is 1.75. The minimum Gasteiger partial charge on any atom is -0.497 e. The molecule has 1 heterocycles. The Labute approximate surface area is 118 Å². The fourth-order valence-electron chi connectivity index (χ4n) is 2.61. The molecule has 1 aromatic carbocycles. The van der Waals surface area contributed by atoms with Gasteiger partial charge in [0.05, 0.1) is 7.11 Å². The first-order valence-corrected chi connectivity index (χ1v) is 7.12. The molecule has 1 saturated carbocycles. The second-order valence-corrected chi connectivity index (χ2v) is 5.46. The number of amides is 1. The maximum absolute atomic E-state index is 11.6. The van der Waals surface area contributed by atoms with E-state index < -0.39 is 0 Å². The van der Waals surface area contributed by atoms with Crippen LogP contribution < -0.4 is 10.1 Å². The van der Waals surface area contributed by atoms with Crippen molar-refractivity contribution in [3.05, 3.63) is 29.5 Å². The summed E-state index contributed by atoms with van der Waals surface area (Å²) in [5, 5.41) is 4.20. The smallest absolute Gasteiger partial charge is 0.223 e. The predicted molar refractivity (Wildman–Crippen MR) is 79.0 cm³/mol. The number of aryl methyl sites for hydroxylation is 1. The maximum atomic E-state index is 11.6. The Hall–Kier alpha value is -1.97. The van der Waals surface area contributed by atoms with Crippen molar-refractivity contribution in [2.75, 3.05) is 13.7 Å². The number of fused-ring (bicyclic) bond motifs is 1. The van der Waals surface area contributed by atoms with Gasteiger partial charge in [-0.25, -0.2) is 0 Å². The van der Waals surface area contributed by atoms with Gasteiger partial charge in [-0.1, -0.05) is 0 Å². The van der Waals surface area contributed by atoms with Crippen LogP contribution in [-0.2, 0) is 11.2 Å². The van der Waals surface area contributed by atoms with E-state index in [-0.39, 0.29) is 11.8 Å². The highest BCUT2D eigenvalue weighted by Gasteiger charge is 2.29. The Morgan fingerprint density at radius 2 is 2.25 bits per heavy atom. The highest BCUT2D eigenvalue weighted by atomic mass is 16.5. The third-order valence-electron chi connectivity index (χ3n) is 3.95. The van der Waals surface area contributed by atoms with Gasteiger partial charge >= 0.3 is 0 Å². The first-order chi connectivity index (χ1) is 9.69. The average molecular weight is 272 g/mol. The van der Waals surface area contributed by atoms with Crippen LogP contribution in [0.2, 0.25) is 0 Å². The van der Waals surface area contributed by atoms with Gasteiger partial charge in [0.15, 0.2) is 0 Å². The molecule has 4 nitrogen and oxygen atoms in total. The second-order valence-electron chi connectivity index (χ2n) is 5.46. The lowest BCUT2D eigenvalue weighted by Gasteiger charge is -2.05. The van der Waals surface area contributed by atoms with Crippen LogP contribution in [0.5, 0.6) is 5.75 Å². The molecule has 1 amide bonds. The average Bonchev–Trinajstić information content (AvgIpc) is 3.24. The van der Waals surface area contributed by atoms with E-state index in [0.29, 0.717) is 6.54 Å². The number of aromatic nitrogens is 1. The van der Waals surface area contributed by atoms with Crippen molar-refractivity contribution in [2.24, 2.45) is 5.92 Å². The number of nitrogens with one attached hydrogen (secondary N) is 2. The van der Waals surface area contributed by atoms with Crippen molar-refractivity contribution in [1.29, 1.82) is 0 Å². The first-order valence-electron chi connectivity index (χ1n) is 7.12. The summed E-state index contributed by atoms with van der Waals surface area (Å²) in [6.45, 7) is 2.77. The number of carbonyl (C=O) groups is 1. The molecule has 0 atom stereocenters. The lowest BCUT2D eigenvalue weighted by molar-refractivity contribution is -0.122. The summed E-state index contributed by atoms with van der Waals surface area (Å²) in [7, 11) is 1.68.